The molecule has 0 aliphatic heterocycles. The predicted molar refractivity (Wildman–Crippen MR) is 84.2 cm³/mol. The van der Waals surface area contributed by atoms with Crippen LogP contribution in [0.5, 0.6) is 5.75 Å². The molecular weight excluding hydrogens is 278 g/mol. The van der Waals surface area contributed by atoms with Crippen LogP contribution in [0.25, 0.3) is 10.8 Å². The van der Waals surface area contributed by atoms with Gasteiger partial charge in [-0.25, -0.2) is 4.79 Å². The van der Waals surface area contributed by atoms with Crippen LogP contribution in [0.4, 0.5) is 0 Å². The van der Waals surface area contributed by atoms with Crippen LogP contribution in [-0.4, -0.2) is 16.1 Å². The second-order valence-electron chi connectivity index (χ2n) is 5.01. The quantitative estimate of drug-likeness (QED) is 0.787. The third kappa shape index (κ3) is 2.63. The highest BCUT2D eigenvalue weighted by atomic mass is 16.5. The number of hydrogen-bond acceptors (Lipinski definition) is 3. The molecule has 1 aromatic heterocycles. The van der Waals surface area contributed by atoms with E-state index in [-0.39, 0.29) is 11.7 Å². The highest BCUT2D eigenvalue weighted by Gasteiger charge is 2.18. The van der Waals surface area contributed by atoms with E-state index < -0.39 is 5.97 Å². The molecular formula is C18H15NO3. The molecule has 0 amide bonds. The molecule has 0 spiro atoms. The van der Waals surface area contributed by atoms with Crippen LogP contribution < -0.4 is 4.74 Å². The van der Waals surface area contributed by atoms with Gasteiger partial charge in [0.05, 0.1) is 0 Å². The fraction of sp³-hybridized carbons (Fsp3) is 0.111. The number of aromatic carboxylic acids is 1. The third-order valence-corrected chi connectivity index (χ3v) is 3.56. The van der Waals surface area contributed by atoms with Crippen molar-refractivity contribution in [1.29, 1.82) is 0 Å². The minimum Gasteiger partial charge on any atom is -0.485 e. The first kappa shape index (κ1) is 14.1. The molecule has 0 bridgehead atoms. The number of rotatable bonds is 4. The fourth-order valence-electron chi connectivity index (χ4n) is 2.45. The number of benzene rings is 2. The smallest absolute Gasteiger partial charge is 0.340 e. The van der Waals surface area contributed by atoms with E-state index in [0.29, 0.717) is 11.1 Å². The Kier molecular flexibility index (Phi) is 3.74. The molecule has 0 aliphatic carbocycles. The second kappa shape index (κ2) is 5.85. The summed E-state index contributed by atoms with van der Waals surface area (Å²) in [5.74, 6) is -0.632. The Morgan fingerprint density at radius 3 is 2.68 bits per heavy atom. The van der Waals surface area contributed by atoms with Crippen molar-refractivity contribution in [3.05, 3.63) is 72.1 Å². The maximum Gasteiger partial charge on any atom is 0.340 e. The van der Waals surface area contributed by atoms with E-state index in [1.54, 1.807) is 24.5 Å². The van der Waals surface area contributed by atoms with E-state index in [9.17, 15) is 9.90 Å². The molecule has 110 valence electrons. The number of pyridine rings is 1. The number of aromatic nitrogens is 1. The SMILES string of the molecule is CC(Oc1ccc2ccccc2c1C(=O)O)c1cccnc1. The van der Waals surface area contributed by atoms with E-state index in [2.05, 4.69) is 4.98 Å². The fourth-order valence-corrected chi connectivity index (χ4v) is 2.45. The van der Waals surface area contributed by atoms with Crippen molar-refractivity contribution < 1.29 is 14.6 Å². The van der Waals surface area contributed by atoms with Gasteiger partial charge in [-0.05, 0) is 29.8 Å². The van der Waals surface area contributed by atoms with Crippen molar-refractivity contribution in [3.8, 4) is 5.75 Å². The average Bonchev–Trinajstić information content (AvgIpc) is 2.55. The number of carboxylic acid groups (broad SMARTS) is 1. The average molecular weight is 293 g/mol. The van der Waals surface area contributed by atoms with Gasteiger partial charge in [0.1, 0.15) is 17.4 Å². The van der Waals surface area contributed by atoms with Crippen LogP contribution in [0.1, 0.15) is 28.9 Å². The van der Waals surface area contributed by atoms with Crippen LogP contribution in [0.15, 0.2) is 60.9 Å². The van der Waals surface area contributed by atoms with Gasteiger partial charge in [-0.15, -0.1) is 0 Å². The van der Waals surface area contributed by atoms with Gasteiger partial charge in [0.25, 0.3) is 0 Å². The summed E-state index contributed by atoms with van der Waals surface area (Å²) < 4.78 is 5.88. The standard InChI is InChI=1S/C18H15NO3/c1-12(14-6-4-10-19-11-14)22-16-9-8-13-5-2-3-7-15(13)17(16)18(20)21/h2-12H,1H3,(H,20,21). The molecule has 3 aromatic rings. The first-order valence-electron chi connectivity index (χ1n) is 6.98. The van der Waals surface area contributed by atoms with E-state index in [0.717, 1.165) is 10.9 Å². The number of nitrogens with zero attached hydrogens (tertiary/aromatic N) is 1. The maximum atomic E-state index is 11.7. The Labute approximate surface area is 128 Å². The molecule has 0 saturated heterocycles. The molecule has 1 heterocycles. The molecule has 0 radical (unpaired) electrons. The molecule has 2 aromatic carbocycles. The van der Waals surface area contributed by atoms with Crippen LogP contribution in [-0.2, 0) is 0 Å². The molecule has 22 heavy (non-hydrogen) atoms. The van der Waals surface area contributed by atoms with Crippen molar-refractivity contribution >= 4 is 16.7 Å². The van der Waals surface area contributed by atoms with Gasteiger partial charge in [-0.3, -0.25) is 4.98 Å². The minimum absolute atomic E-state index is 0.189. The van der Waals surface area contributed by atoms with Crippen molar-refractivity contribution in [2.75, 3.05) is 0 Å². The molecule has 0 saturated carbocycles. The van der Waals surface area contributed by atoms with Crippen LogP contribution in [0.2, 0.25) is 0 Å². The Morgan fingerprint density at radius 2 is 1.95 bits per heavy atom. The highest BCUT2D eigenvalue weighted by molar-refractivity contribution is 6.06. The topological polar surface area (TPSA) is 59.4 Å². The number of fused-ring (bicyclic) bond motifs is 1. The zero-order valence-electron chi connectivity index (χ0n) is 12.1. The van der Waals surface area contributed by atoms with Crippen molar-refractivity contribution in [3.63, 3.8) is 0 Å². The number of ether oxygens (including phenoxy) is 1. The van der Waals surface area contributed by atoms with E-state index >= 15 is 0 Å². The predicted octanol–water partition coefficient (Wildman–Crippen LogP) is 4.07. The van der Waals surface area contributed by atoms with Crippen LogP contribution in [0, 0.1) is 0 Å². The van der Waals surface area contributed by atoms with Gasteiger partial charge in [-0.1, -0.05) is 36.4 Å². The molecule has 0 fully saturated rings. The zero-order valence-corrected chi connectivity index (χ0v) is 12.1. The van der Waals surface area contributed by atoms with Gasteiger partial charge in [-0.2, -0.15) is 0 Å². The van der Waals surface area contributed by atoms with E-state index in [4.69, 9.17) is 4.74 Å². The van der Waals surface area contributed by atoms with Crippen molar-refractivity contribution in [2.24, 2.45) is 0 Å². The first-order chi connectivity index (χ1) is 10.7. The lowest BCUT2D eigenvalue weighted by molar-refractivity contribution is 0.0692. The van der Waals surface area contributed by atoms with E-state index in [1.165, 1.54) is 0 Å². The lowest BCUT2D eigenvalue weighted by Crippen LogP contribution is -2.08. The first-order valence-corrected chi connectivity index (χ1v) is 6.98. The summed E-state index contributed by atoms with van der Waals surface area (Å²) in [6.45, 7) is 1.87. The van der Waals surface area contributed by atoms with E-state index in [1.807, 2.05) is 43.3 Å². The Bertz CT molecular complexity index is 815. The lowest BCUT2D eigenvalue weighted by Gasteiger charge is -2.17. The molecule has 4 heteroatoms. The van der Waals surface area contributed by atoms with Crippen LogP contribution >= 0.6 is 0 Å². The normalized spacial score (nSPS) is 12.0. The molecule has 1 N–H and O–H groups in total. The van der Waals surface area contributed by atoms with Gasteiger partial charge < -0.3 is 9.84 Å². The number of carbonyl (C=O) groups is 1. The third-order valence-electron chi connectivity index (χ3n) is 3.56. The second-order valence-corrected chi connectivity index (χ2v) is 5.01. The summed E-state index contributed by atoms with van der Waals surface area (Å²) in [6, 6.07) is 14.7. The summed E-state index contributed by atoms with van der Waals surface area (Å²) >= 11 is 0. The van der Waals surface area contributed by atoms with Gasteiger partial charge in [0.2, 0.25) is 0 Å². The summed E-state index contributed by atoms with van der Waals surface area (Å²) in [6.07, 6.45) is 3.12. The lowest BCUT2D eigenvalue weighted by atomic mass is 10.0. The Hall–Kier alpha value is -2.88. The molecule has 4 nitrogen and oxygen atoms in total. The number of carboxylic acids is 1. The Morgan fingerprint density at radius 1 is 1.14 bits per heavy atom. The minimum atomic E-state index is -0.995. The van der Waals surface area contributed by atoms with Gasteiger partial charge in [0.15, 0.2) is 0 Å². The largest absolute Gasteiger partial charge is 0.485 e. The maximum absolute atomic E-state index is 11.7. The summed E-state index contributed by atoms with van der Waals surface area (Å²) in [5.41, 5.74) is 1.08. The van der Waals surface area contributed by atoms with Gasteiger partial charge >= 0.3 is 5.97 Å². The monoisotopic (exact) mass is 293 g/mol. The Balaban J connectivity index is 2.04. The molecule has 1 atom stereocenters. The van der Waals surface area contributed by atoms with Crippen LogP contribution in [0.3, 0.4) is 0 Å². The number of hydrogen-bond donors (Lipinski definition) is 1. The van der Waals surface area contributed by atoms with Crippen molar-refractivity contribution in [1.82, 2.24) is 4.98 Å². The molecule has 3 rings (SSSR count). The van der Waals surface area contributed by atoms with Crippen molar-refractivity contribution in [2.45, 2.75) is 13.0 Å². The highest BCUT2D eigenvalue weighted by Crippen LogP contribution is 2.31. The summed E-state index contributed by atoms with van der Waals surface area (Å²) in [4.78, 5) is 15.7. The molecule has 1 unspecified atom stereocenters. The van der Waals surface area contributed by atoms with Gasteiger partial charge in [0, 0.05) is 18.0 Å². The molecule has 0 aliphatic rings. The summed E-state index contributed by atoms with van der Waals surface area (Å²) in [5, 5.41) is 11.1. The summed E-state index contributed by atoms with van der Waals surface area (Å²) in [7, 11) is 0. The zero-order chi connectivity index (χ0) is 15.5.